The minimum Gasteiger partial charge on any atom is -0.391 e. The molecule has 0 aromatic heterocycles. The Labute approximate surface area is 405 Å². The molecule has 0 radical (unpaired) electrons. The second-order valence-corrected chi connectivity index (χ2v) is 22.5. The molecule has 1 amide bonds. The smallest absolute Gasteiger partial charge is 0.391 e. The molecule has 3 atom stereocenters. The number of aliphatic hydroxyl groups excluding tert-OH is 1. The van der Waals surface area contributed by atoms with Crippen molar-refractivity contribution in [3.8, 4) is 0 Å². The van der Waals surface area contributed by atoms with Crippen LogP contribution >= 0.6 is 7.82 Å². The summed E-state index contributed by atoms with van der Waals surface area (Å²) in [6.45, 7) is 4.93. The highest BCUT2D eigenvalue weighted by molar-refractivity contribution is 7.47. The zero-order chi connectivity index (χ0) is 47.8. The van der Waals surface area contributed by atoms with Gasteiger partial charge in [0.25, 0.3) is 0 Å². The predicted molar refractivity (Wildman–Crippen MR) is 282 cm³/mol. The molecule has 0 bridgehead atoms. The van der Waals surface area contributed by atoms with Crippen molar-refractivity contribution in [2.75, 3.05) is 40.9 Å². The van der Waals surface area contributed by atoms with Gasteiger partial charge >= 0.3 is 7.82 Å². The van der Waals surface area contributed by atoms with Crippen molar-refractivity contribution < 1.29 is 32.9 Å². The third kappa shape index (κ3) is 50.9. The van der Waals surface area contributed by atoms with E-state index in [1.54, 1.807) is 0 Å². The number of phosphoric ester groups is 1. The summed E-state index contributed by atoms with van der Waals surface area (Å²) in [5.74, 6) is -0.141. The van der Waals surface area contributed by atoms with E-state index in [4.69, 9.17) is 9.05 Å². The molecule has 388 valence electrons. The number of carbonyl (C=O) groups is 1. The number of hydrogen-bond donors (Lipinski definition) is 3. The number of allylic oxidation sites excluding steroid dienone is 2. The van der Waals surface area contributed by atoms with Crippen molar-refractivity contribution in [1.29, 1.82) is 0 Å². The Bertz CT molecular complexity index is 1070. The van der Waals surface area contributed by atoms with Crippen molar-refractivity contribution in [2.45, 2.75) is 302 Å². The molecule has 0 spiro atoms. The zero-order valence-electron chi connectivity index (χ0n) is 44.3. The number of quaternary nitrogens is 1. The second kappa shape index (κ2) is 48.3. The SMILES string of the molecule is CCCCCCCCCCCCCC/C=C\CCCCCCCCCCCCC(=O)NC(COP(=O)(O)OCC[N+](C)(C)C)C(O)CCCCCCCCCCCCCCCCCCC. The lowest BCUT2D eigenvalue weighted by Gasteiger charge is -2.26. The van der Waals surface area contributed by atoms with E-state index in [9.17, 15) is 19.4 Å². The van der Waals surface area contributed by atoms with Crippen LogP contribution in [0.2, 0.25) is 0 Å². The number of carbonyl (C=O) groups excluding carboxylic acids is 1. The number of aliphatic hydroxyl groups is 1. The minimum atomic E-state index is -4.32. The van der Waals surface area contributed by atoms with E-state index >= 15 is 0 Å². The number of amides is 1. The molecule has 9 heteroatoms. The van der Waals surface area contributed by atoms with Gasteiger partial charge in [-0.3, -0.25) is 13.8 Å². The molecule has 0 rings (SSSR count). The van der Waals surface area contributed by atoms with E-state index in [2.05, 4.69) is 31.3 Å². The molecule has 8 nitrogen and oxygen atoms in total. The van der Waals surface area contributed by atoms with Crippen molar-refractivity contribution in [3.63, 3.8) is 0 Å². The van der Waals surface area contributed by atoms with Crippen LogP contribution in [0.5, 0.6) is 0 Å². The highest BCUT2D eigenvalue weighted by atomic mass is 31.2. The zero-order valence-corrected chi connectivity index (χ0v) is 45.2. The maximum absolute atomic E-state index is 13.0. The van der Waals surface area contributed by atoms with Crippen molar-refractivity contribution in [2.24, 2.45) is 0 Å². The standard InChI is InChI=1S/C56H113N2O6P/c1-6-8-10-12-14-16-18-20-22-24-25-26-27-28-29-30-31-32-34-36-38-40-42-44-46-48-50-56(60)57-54(53-64-65(61,62)63-52-51-58(3,4)5)55(59)49-47-45-43-41-39-37-35-33-23-21-19-17-15-13-11-9-7-2/h28-29,54-55,59H,6-27,30-53H2,1-5H3,(H-,57,60,61,62)/p+1/b29-28-. The van der Waals surface area contributed by atoms with E-state index in [1.165, 1.54) is 225 Å². The molecule has 0 saturated carbocycles. The number of phosphoric acid groups is 1. The lowest BCUT2D eigenvalue weighted by molar-refractivity contribution is -0.870. The lowest BCUT2D eigenvalue weighted by Crippen LogP contribution is -2.46. The maximum Gasteiger partial charge on any atom is 0.472 e. The molecule has 3 unspecified atom stereocenters. The van der Waals surface area contributed by atoms with Crippen LogP contribution in [0.4, 0.5) is 0 Å². The molecule has 0 fully saturated rings. The quantitative estimate of drug-likeness (QED) is 0.0243. The van der Waals surface area contributed by atoms with Gasteiger partial charge in [0.15, 0.2) is 0 Å². The largest absolute Gasteiger partial charge is 0.472 e. The number of nitrogens with one attached hydrogen (secondary N) is 1. The molecule has 0 aliphatic heterocycles. The summed E-state index contributed by atoms with van der Waals surface area (Å²) in [7, 11) is 1.63. The second-order valence-electron chi connectivity index (χ2n) is 21.0. The molecule has 0 aliphatic carbocycles. The number of hydrogen-bond acceptors (Lipinski definition) is 5. The monoisotopic (exact) mass is 942 g/mol. The van der Waals surface area contributed by atoms with Crippen LogP contribution in [0.3, 0.4) is 0 Å². The Morgan fingerprint density at radius 3 is 1.18 bits per heavy atom. The van der Waals surface area contributed by atoms with Crippen molar-refractivity contribution in [3.05, 3.63) is 12.2 Å². The van der Waals surface area contributed by atoms with Crippen LogP contribution in [0, 0.1) is 0 Å². The summed E-state index contributed by atoms with van der Waals surface area (Å²) in [4.78, 5) is 23.3. The van der Waals surface area contributed by atoms with Gasteiger partial charge in [-0.2, -0.15) is 0 Å². The molecule has 0 aromatic rings. The minimum absolute atomic E-state index is 0.0769. The first-order valence-corrected chi connectivity index (χ1v) is 30.0. The summed E-state index contributed by atoms with van der Waals surface area (Å²) in [5, 5.41) is 14.1. The number of nitrogens with zero attached hydrogens (tertiary/aromatic N) is 1. The van der Waals surface area contributed by atoms with Crippen LogP contribution in [0.25, 0.3) is 0 Å². The Morgan fingerprint density at radius 2 is 0.831 bits per heavy atom. The molecule has 0 aliphatic rings. The van der Waals surface area contributed by atoms with Gasteiger partial charge in [0, 0.05) is 6.42 Å². The fraction of sp³-hybridized carbons (Fsp3) is 0.946. The van der Waals surface area contributed by atoms with Crippen molar-refractivity contribution >= 4 is 13.7 Å². The fourth-order valence-electron chi connectivity index (χ4n) is 8.75. The van der Waals surface area contributed by atoms with Gasteiger partial charge in [0.2, 0.25) is 5.91 Å². The van der Waals surface area contributed by atoms with Gasteiger partial charge in [-0.25, -0.2) is 4.57 Å². The molecular weight excluding hydrogens is 828 g/mol. The maximum atomic E-state index is 13.0. The first kappa shape index (κ1) is 64.2. The predicted octanol–water partition coefficient (Wildman–Crippen LogP) is 17.0. The van der Waals surface area contributed by atoms with Gasteiger partial charge in [0.1, 0.15) is 13.2 Å². The van der Waals surface area contributed by atoms with Crippen LogP contribution < -0.4 is 5.32 Å². The van der Waals surface area contributed by atoms with Crippen LogP contribution in [0.15, 0.2) is 12.2 Å². The van der Waals surface area contributed by atoms with Crippen LogP contribution in [-0.2, 0) is 18.4 Å². The molecule has 65 heavy (non-hydrogen) atoms. The fourth-order valence-corrected chi connectivity index (χ4v) is 9.49. The Kier molecular flexibility index (Phi) is 47.7. The highest BCUT2D eigenvalue weighted by Gasteiger charge is 2.28. The summed E-state index contributed by atoms with van der Waals surface area (Å²) in [5.41, 5.74) is 0. The number of unbranched alkanes of at least 4 members (excludes halogenated alkanes) is 38. The molecule has 0 saturated heterocycles. The number of likely N-dealkylation sites (N-methyl/N-ethyl adjacent to an activating group) is 1. The third-order valence-corrected chi connectivity index (χ3v) is 14.2. The summed E-state index contributed by atoms with van der Waals surface area (Å²) < 4.78 is 23.8. The van der Waals surface area contributed by atoms with Crippen LogP contribution in [0.1, 0.15) is 290 Å². The van der Waals surface area contributed by atoms with Gasteiger partial charge in [0.05, 0.1) is 39.9 Å². The molecule has 0 heterocycles. The average molecular weight is 943 g/mol. The summed E-state index contributed by atoms with van der Waals surface area (Å²) in [6.07, 6.45) is 58.3. The van der Waals surface area contributed by atoms with E-state index in [0.717, 1.165) is 38.5 Å². The lowest BCUT2D eigenvalue weighted by atomic mass is 10.0. The van der Waals surface area contributed by atoms with E-state index in [0.29, 0.717) is 23.9 Å². The van der Waals surface area contributed by atoms with Crippen molar-refractivity contribution in [1.82, 2.24) is 5.32 Å². The summed E-state index contributed by atoms with van der Waals surface area (Å²) >= 11 is 0. The Morgan fingerprint density at radius 1 is 0.508 bits per heavy atom. The van der Waals surface area contributed by atoms with Gasteiger partial charge < -0.3 is 19.8 Å². The van der Waals surface area contributed by atoms with Gasteiger partial charge in [-0.1, -0.05) is 257 Å². The topological polar surface area (TPSA) is 105 Å². The first-order chi connectivity index (χ1) is 31.5. The average Bonchev–Trinajstić information content (AvgIpc) is 3.26. The highest BCUT2D eigenvalue weighted by Crippen LogP contribution is 2.43. The van der Waals surface area contributed by atoms with E-state index < -0.39 is 20.0 Å². The molecule has 0 aromatic carbocycles. The van der Waals surface area contributed by atoms with Gasteiger partial charge in [-0.05, 0) is 38.5 Å². The molecular formula is C56H114N2O6P+. The summed E-state index contributed by atoms with van der Waals surface area (Å²) in [6, 6.07) is -0.758. The van der Waals surface area contributed by atoms with Gasteiger partial charge in [-0.15, -0.1) is 0 Å². The first-order valence-electron chi connectivity index (χ1n) is 28.6. The normalized spacial score (nSPS) is 14.0. The number of rotatable bonds is 53. The van der Waals surface area contributed by atoms with Crippen LogP contribution in [-0.4, -0.2) is 73.4 Å². The third-order valence-electron chi connectivity index (χ3n) is 13.3. The Balaban J connectivity index is 4.12. The molecule has 3 N–H and O–H groups in total. The Hall–Kier alpha value is -0.760. The van der Waals surface area contributed by atoms with E-state index in [1.807, 2.05) is 21.1 Å². The van der Waals surface area contributed by atoms with E-state index in [-0.39, 0.29) is 19.1 Å².